The third kappa shape index (κ3) is 5.29. The SMILES string of the molecule is O=C(NCc1ccc(N2CCc3ccccc3C2)nc1)c1cccc(S(=O)(=O)NCC2CC2)c1. The standard InChI is InChI=1S/C26H28N4O3S/c31-26(22-6-3-7-24(14-22)34(32,33)29-17-19-8-9-19)28-16-20-10-11-25(27-15-20)30-13-12-21-4-1-2-5-23(21)18-30/h1-7,10-11,14-15,19,29H,8-9,12-13,16-18H2,(H,28,31). The summed E-state index contributed by atoms with van der Waals surface area (Å²) in [4.78, 5) is 19.6. The maximum atomic E-state index is 12.6. The van der Waals surface area contributed by atoms with E-state index in [2.05, 4.69) is 44.2 Å². The second kappa shape index (κ2) is 9.56. The fourth-order valence-electron chi connectivity index (χ4n) is 4.12. The zero-order chi connectivity index (χ0) is 23.5. The third-order valence-corrected chi connectivity index (χ3v) is 7.80. The van der Waals surface area contributed by atoms with Crippen LogP contribution in [0.2, 0.25) is 0 Å². The minimum absolute atomic E-state index is 0.106. The van der Waals surface area contributed by atoms with Crippen LogP contribution in [0.5, 0.6) is 0 Å². The fraction of sp³-hybridized carbons (Fsp3) is 0.308. The van der Waals surface area contributed by atoms with Crippen molar-refractivity contribution in [2.24, 2.45) is 5.92 Å². The van der Waals surface area contributed by atoms with Gasteiger partial charge in [0.15, 0.2) is 0 Å². The van der Waals surface area contributed by atoms with Crippen LogP contribution in [0.3, 0.4) is 0 Å². The minimum Gasteiger partial charge on any atom is -0.352 e. The number of nitrogens with one attached hydrogen (secondary N) is 2. The molecule has 1 aliphatic carbocycles. The Morgan fingerprint density at radius 3 is 2.62 bits per heavy atom. The van der Waals surface area contributed by atoms with Crippen molar-refractivity contribution in [3.63, 3.8) is 0 Å². The molecule has 1 aromatic heterocycles. The third-order valence-electron chi connectivity index (χ3n) is 6.38. The molecule has 0 saturated heterocycles. The maximum absolute atomic E-state index is 12.6. The molecule has 1 saturated carbocycles. The molecule has 2 heterocycles. The number of benzene rings is 2. The van der Waals surface area contributed by atoms with Crippen molar-refractivity contribution in [2.45, 2.75) is 37.2 Å². The van der Waals surface area contributed by atoms with E-state index in [0.717, 1.165) is 43.7 Å². The summed E-state index contributed by atoms with van der Waals surface area (Å²) in [5.41, 5.74) is 3.92. The highest BCUT2D eigenvalue weighted by Gasteiger charge is 2.24. The largest absolute Gasteiger partial charge is 0.352 e. The molecule has 176 valence electrons. The Morgan fingerprint density at radius 1 is 1.03 bits per heavy atom. The van der Waals surface area contributed by atoms with Gasteiger partial charge in [-0.2, -0.15) is 0 Å². The van der Waals surface area contributed by atoms with Gasteiger partial charge >= 0.3 is 0 Å². The number of aromatic nitrogens is 1. The van der Waals surface area contributed by atoms with Gasteiger partial charge in [-0.1, -0.05) is 36.4 Å². The number of anilines is 1. The molecule has 1 aliphatic heterocycles. The zero-order valence-corrected chi connectivity index (χ0v) is 19.7. The average molecular weight is 477 g/mol. The van der Waals surface area contributed by atoms with Gasteiger partial charge in [0.1, 0.15) is 5.82 Å². The zero-order valence-electron chi connectivity index (χ0n) is 18.9. The molecule has 1 amide bonds. The van der Waals surface area contributed by atoms with Crippen molar-refractivity contribution in [1.82, 2.24) is 15.0 Å². The first-order valence-electron chi connectivity index (χ1n) is 11.6. The second-order valence-corrected chi connectivity index (χ2v) is 10.7. The first kappa shape index (κ1) is 22.6. The monoisotopic (exact) mass is 476 g/mol. The van der Waals surface area contributed by atoms with Gasteiger partial charge in [-0.25, -0.2) is 18.1 Å². The molecule has 2 N–H and O–H groups in total. The number of hydrogen-bond donors (Lipinski definition) is 2. The molecule has 0 unspecified atom stereocenters. The van der Waals surface area contributed by atoms with Crippen LogP contribution in [0.25, 0.3) is 0 Å². The molecule has 0 radical (unpaired) electrons. The summed E-state index contributed by atoms with van der Waals surface area (Å²) in [6.07, 6.45) is 4.90. The molecule has 34 heavy (non-hydrogen) atoms. The maximum Gasteiger partial charge on any atom is 0.251 e. The van der Waals surface area contributed by atoms with Gasteiger partial charge in [-0.05, 0) is 66.1 Å². The second-order valence-electron chi connectivity index (χ2n) is 8.97. The molecule has 0 spiro atoms. The average Bonchev–Trinajstić information content (AvgIpc) is 3.71. The summed E-state index contributed by atoms with van der Waals surface area (Å²) in [6.45, 7) is 2.53. The fourth-order valence-corrected chi connectivity index (χ4v) is 5.28. The van der Waals surface area contributed by atoms with E-state index in [0.29, 0.717) is 24.6 Å². The Kier molecular flexibility index (Phi) is 6.34. The summed E-state index contributed by atoms with van der Waals surface area (Å²) in [7, 11) is -3.62. The van der Waals surface area contributed by atoms with E-state index >= 15 is 0 Å². The smallest absolute Gasteiger partial charge is 0.251 e. The van der Waals surface area contributed by atoms with Crippen LogP contribution >= 0.6 is 0 Å². The van der Waals surface area contributed by atoms with E-state index < -0.39 is 10.0 Å². The van der Waals surface area contributed by atoms with Crippen LogP contribution in [-0.2, 0) is 29.5 Å². The van der Waals surface area contributed by atoms with E-state index in [-0.39, 0.29) is 10.8 Å². The van der Waals surface area contributed by atoms with Crippen molar-refractivity contribution < 1.29 is 13.2 Å². The number of carbonyl (C=O) groups excluding carboxylic acids is 1. The first-order valence-corrected chi connectivity index (χ1v) is 13.1. The van der Waals surface area contributed by atoms with E-state index in [9.17, 15) is 13.2 Å². The lowest BCUT2D eigenvalue weighted by Crippen LogP contribution is -2.31. The van der Waals surface area contributed by atoms with Gasteiger partial charge in [0.25, 0.3) is 5.91 Å². The number of sulfonamides is 1. The normalized spacial score (nSPS) is 15.6. The Labute approximate surface area is 200 Å². The lowest BCUT2D eigenvalue weighted by Gasteiger charge is -2.29. The van der Waals surface area contributed by atoms with Crippen molar-refractivity contribution >= 4 is 21.7 Å². The number of hydrogen-bond acceptors (Lipinski definition) is 5. The van der Waals surface area contributed by atoms with Crippen LogP contribution in [0.1, 0.15) is 39.9 Å². The number of amides is 1. The summed E-state index contributed by atoms with van der Waals surface area (Å²) in [6, 6.07) is 18.6. The van der Waals surface area contributed by atoms with Crippen LogP contribution in [0, 0.1) is 5.92 Å². The number of rotatable bonds is 8. The van der Waals surface area contributed by atoms with Gasteiger partial charge in [-0.15, -0.1) is 0 Å². The van der Waals surface area contributed by atoms with Gasteiger partial charge in [0.05, 0.1) is 4.90 Å². The van der Waals surface area contributed by atoms with E-state index in [1.54, 1.807) is 18.3 Å². The summed E-state index contributed by atoms with van der Waals surface area (Å²) >= 11 is 0. The number of nitrogens with zero attached hydrogens (tertiary/aromatic N) is 2. The van der Waals surface area contributed by atoms with Gasteiger partial charge < -0.3 is 10.2 Å². The molecule has 5 rings (SSSR count). The minimum atomic E-state index is -3.62. The lowest BCUT2D eigenvalue weighted by molar-refractivity contribution is 0.0950. The molecular formula is C26H28N4O3S. The number of carbonyl (C=O) groups is 1. The highest BCUT2D eigenvalue weighted by molar-refractivity contribution is 7.89. The summed E-state index contributed by atoms with van der Waals surface area (Å²) in [5, 5.41) is 2.86. The molecule has 0 atom stereocenters. The van der Waals surface area contributed by atoms with Crippen molar-refractivity contribution in [2.75, 3.05) is 18.0 Å². The molecule has 2 aliphatic rings. The van der Waals surface area contributed by atoms with E-state index in [1.165, 1.54) is 23.3 Å². The van der Waals surface area contributed by atoms with Crippen molar-refractivity contribution in [1.29, 1.82) is 0 Å². The molecule has 3 aromatic rings. The quantitative estimate of drug-likeness (QED) is 0.521. The molecule has 1 fully saturated rings. The predicted molar refractivity (Wildman–Crippen MR) is 131 cm³/mol. The Bertz CT molecular complexity index is 1290. The van der Waals surface area contributed by atoms with Crippen LogP contribution in [0.4, 0.5) is 5.82 Å². The molecule has 7 nitrogen and oxygen atoms in total. The summed E-state index contributed by atoms with van der Waals surface area (Å²) < 4.78 is 27.6. The molecule has 0 bridgehead atoms. The molecular weight excluding hydrogens is 448 g/mol. The highest BCUT2D eigenvalue weighted by Crippen LogP contribution is 2.28. The van der Waals surface area contributed by atoms with Crippen LogP contribution in [-0.4, -0.2) is 32.4 Å². The highest BCUT2D eigenvalue weighted by atomic mass is 32.2. The van der Waals surface area contributed by atoms with Crippen molar-refractivity contribution in [3.05, 3.63) is 89.1 Å². The van der Waals surface area contributed by atoms with Gasteiger partial charge in [0, 0.05) is 37.9 Å². The Balaban J connectivity index is 1.18. The van der Waals surface area contributed by atoms with Crippen LogP contribution < -0.4 is 14.9 Å². The molecule has 8 heteroatoms. The Hall–Kier alpha value is -3.23. The molecule has 2 aromatic carbocycles. The van der Waals surface area contributed by atoms with E-state index in [4.69, 9.17) is 0 Å². The predicted octanol–water partition coefficient (Wildman–Crippen LogP) is 3.26. The topological polar surface area (TPSA) is 91.4 Å². The van der Waals surface area contributed by atoms with Gasteiger partial charge in [-0.3, -0.25) is 4.79 Å². The summed E-state index contributed by atoms with van der Waals surface area (Å²) in [5.74, 6) is 1.03. The number of fused-ring (bicyclic) bond motifs is 1. The van der Waals surface area contributed by atoms with E-state index in [1.807, 2.05) is 12.1 Å². The first-order chi connectivity index (χ1) is 16.5. The van der Waals surface area contributed by atoms with Gasteiger partial charge in [0.2, 0.25) is 10.0 Å². The lowest BCUT2D eigenvalue weighted by atomic mass is 10.00. The van der Waals surface area contributed by atoms with Crippen molar-refractivity contribution in [3.8, 4) is 0 Å². The number of pyridine rings is 1. The van der Waals surface area contributed by atoms with Crippen LogP contribution in [0.15, 0.2) is 71.8 Å². The Morgan fingerprint density at radius 2 is 1.85 bits per heavy atom.